The number of ether oxygens (including phenoxy) is 1. The van der Waals surface area contributed by atoms with E-state index in [1.165, 1.54) is 18.3 Å². The van der Waals surface area contributed by atoms with Gasteiger partial charge in [-0.25, -0.2) is 14.9 Å². The molecule has 0 aliphatic rings. The SMILES string of the molecule is CCOC(=O)N/N=C/c1c(C)nn(-c2cccc(C(F)(F)F)c2)c1Cl. The highest BCUT2D eigenvalue weighted by Gasteiger charge is 2.30. The van der Waals surface area contributed by atoms with Gasteiger partial charge < -0.3 is 4.74 Å². The van der Waals surface area contributed by atoms with Crippen molar-refractivity contribution in [2.75, 3.05) is 6.61 Å². The summed E-state index contributed by atoms with van der Waals surface area (Å²) in [5.41, 5.74) is 2.26. The predicted molar refractivity (Wildman–Crippen MR) is 86.1 cm³/mol. The second kappa shape index (κ2) is 7.56. The van der Waals surface area contributed by atoms with Gasteiger partial charge in [0.05, 0.1) is 35.3 Å². The summed E-state index contributed by atoms with van der Waals surface area (Å²) in [5, 5.41) is 7.86. The summed E-state index contributed by atoms with van der Waals surface area (Å²) in [6.45, 7) is 3.44. The van der Waals surface area contributed by atoms with Crippen LogP contribution in [0.4, 0.5) is 18.0 Å². The van der Waals surface area contributed by atoms with E-state index in [0.717, 1.165) is 16.8 Å². The quantitative estimate of drug-likeness (QED) is 0.651. The Kier molecular flexibility index (Phi) is 5.68. The maximum atomic E-state index is 12.8. The number of carbonyl (C=O) groups is 1. The number of nitrogens with one attached hydrogen (secondary N) is 1. The van der Waals surface area contributed by atoms with Gasteiger partial charge in [0.25, 0.3) is 0 Å². The first-order chi connectivity index (χ1) is 11.7. The van der Waals surface area contributed by atoms with E-state index in [1.807, 2.05) is 0 Å². The van der Waals surface area contributed by atoms with Gasteiger partial charge in [-0.15, -0.1) is 0 Å². The highest BCUT2D eigenvalue weighted by molar-refractivity contribution is 6.32. The molecule has 2 aromatic rings. The van der Waals surface area contributed by atoms with Crippen molar-refractivity contribution in [1.29, 1.82) is 0 Å². The van der Waals surface area contributed by atoms with Crippen LogP contribution < -0.4 is 5.43 Å². The Hall–Kier alpha value is -2.55. The topological polar surface area (TPSA) is 68.5 Å². The summed E-state index contributed by atoms with van der Waals surface area (Å²) < 4.78 is 44.3. The molecule has 0 aliphatic heterocycles. The van der Waals surface area contributed by atoms with E-state index in [9.17, 15) is 18.0 Å². The number of hydrogen-bond acceptors (Lipinski definition) is 4. The van der Waals surface area contributed by atoms with Crippen LogP contribution in [0.1, 0.15) is 23.7 Å². The standard InChI is InChI=1S/C15H14ClF3N4O2/c1-3-25-14(24)21-20-8-12-9(2)22-23(13(12)16)11-6-4-5-10(7-11)15(17,18)19/h4-8H,3H2,1-2H3,(H,21,24)/b20-8+. The monoisotopic (exact) mass is 374 g/mol. The van der Waals surface area contributed by atoms with Crippen molar-refractivity contribution in [2.24, 2.45) is 5.10 Å². The number of hydrogen-bond donors (Lipinski definition) is 1. The van der Waals surface area contributed by atoms with Crippen molar-refractivity contribution in [3.8, 4) is 5.69 Å². The van der Waals surface area contributed by atoms with Crippen molar-refractivity contribution in [3.63, 3.8) is 0 Å². The summed E-state index contributed by atoms with van der Waals surface area (Å²) >= 11 is 6.19. The Balaban J connectivity index is 2.31. The Morgan fingerprint density at radius 2 is 2.20 bits per heavy atom. The highest BCUT2D eigenvalue weighted by atomic mass is 35.5. The molecule has 0 unspecified atom stereocenters. The van der Waals surface area contributed by atoms with Crippen LogP contribution in [-0.4, -0.2) is 28.7 Å². The minimum atomic E-state index is -4.47. The molecule has 0 saturated heterocycles. The molecular formula is C15H14ClF3N4O2. The lowest BCUT2D eigenvalue weighted by atomic mass is 10.2. The van der Waals surface area contributed by atoms with Crippen molar-refractivity contribution in [3.05, 3.63) is 46.2 Å². The van der Waals surface area contributed by atoms with Gasteiger partial charge >= 0.3 is 12.3 Å². The fourth-order valence-corrected chi connectivity index (χ4v) is 2.28. The molecule has 2 rings (SSSR count). The number of amides is 1. The number of carbonyl (C=O) groups excluding carboxylic acids is 1. The molecule has 0 aliphatic carbocycles. The Bertz CT molecular complexity index is 803. The lowest BCUT2D eigenvalue weighted by Gasteiger charge is -2.09. The van der Waals surface area contributed by atoms with Crippen molar-refractivity contribution in [2.45, 2.75) is 20.0 Å². The van der Waals surface area contributed by atoms with Gasteiger partial charge in [0.1, 0.15) is 5.15 Å². The average Bonchev–Trinajstić information content (AvgIpc) is 2.82. The van der Waals surface area contributed by atoms with Crippen LogP contribution in [0.3, 0.4) is 0 Å². The highest BCUT2D eigenvalue weighted by Crippen LogP contribution is 2.31. The summed E-state index contributed by atoms with van der Waals surface area (Å²) in [5.74, 6) is 0. The number of hydrazone groups is 1. The molecule has 1 aromatic heterocycles. The number of nitrogens with zero attached hydrogens (tertiary/aromatic N) is 3. The summed E-state index contributed by atoms with van der Waals surface area (Å²) in [7, 11) is 0. The summed E-state index contributed by atoms with van der Waals surface area (Å²) in [6, 6.07) is 4.61. The molecule has 25 heavy (non-hydrogen) atoms. The van der Waals surface area contributed by atoms with Crippen LogP contribution in [0.15, 0.2) is 29.4 Å². The largest absolute Gasteiger partial charge is 0.449 e. The molecule has 10 heteroatoms. The number of alkyl halides is 3. The van der Waals surface area contributed by atoms with Crippen LogP contribution in [0.25, 0.3) is 5.69 Å². The molecular weight excluding hydrogens is 361 g/mol. The molecule has 0 spiro atoms. The minimum absolute atomic E-state index is 0.0613. The third kappa shape index (κ3) is 4.50. The lowest BCUT2D eigenvalue weighted by Crippen LogP contribution is -2.18. The minimum Gasteiger partial charge on any atom is -0.449 e. The molecule has 0 radical (unpaired) electrons. The lowest BCUT2D eigenvalue weighted by molar-refractivity contribution is -0.137. The van der Waals surface area contributed by atoms with Crippen LogP contribution in [0.5, 0.6) is 0 Å². The predicted octanol–water partition coefficient (Wildman–Crippen LogP) is 3.93. The zero-order chi connectivity index (χ0) is 18.6. The van der Waals surface area contributed by atoms with Gasteiger partial charge in [-0.3, -0.25) is 0 Å². The van der Waals surface area contributed by atoms with Gasteiger partial charge in [0.2, 0.25) is 0 Å². The number of rotatable bonds is 4. The van der Waals surface area contributed by atoms with E-state index < -0.39 is 17.8 Å². The van der Waals surface area contributed by atoms with Gasteiger partial charge in [0.15, 0.2) is 0 Å². The number of aryl methyl sites for hydroxylation is 1. The van der Waals surface area contributed by atoms with E-state index in [4.69, 9.17) is 11.6 Å². The molecule has 6 nitrogen and oxygen atoms in total. The third-order valence-electron chi connectivity index (χ3n) is 3.09. The number of benzene rings is 1. The maximum absolute atomic E-state index is 12.8. The number of aromatic nitrogens is 2. The van der Waals surface area contributed by atoms with Gasteiger partial charge in [0, 0.05) is 0 Å². The second-order valence-electron chi connectivity index (χ2n) is 4.84. The maximum Gasteiger partial charge on any atom is 0.427 e. The van der Waals surface area contributed by atoms with E-state index in [-0.39, 0.29) is 17.4 Å². The van der Waals surface area contributed by atoms with E-state index in [2.05, 4.69) is 20.4 Å². The first-order valence-electron chi connectivity index (χ1n) is 7.12. The zero-order valence-electron chi connectivity index (χ0n) is 13.3. The Morgan fingerprint density at radius 1 is 1.48 bits per heavy atom. The van der Waals surface area contributed by atoms with E-state index >= 15 is 0 Å². The van der Waals surface area contributed by atoms with Gasteiger partial charge in [-0.2, -0.15) is 23.4 Å². The molecule has 0 fully saturated rings. The molecule has 1 heterocycles. The smallest absolute Gasteiger partial charge is 0.427 e. The first-order valence-corrected chi connectivity index (χ1v) is 7.50. The fraction of sp³-hybridized carbons (Fsp3) is 0.267. The molecule has 0 atom stereocenters. The molecule has 1 aromatic carbocycles. The average molecular weight is 375 g/mol. The van der Waals surface area contributed by atoms with Crippen molar-refractivity contribution < 1.29 is 22.7 Å². The van der Waals surface area contributed by atoms with Crippen LogP contribution >= 0.6 is 11.6 Å². The Morgan fingerprint density at radius 3 is 2.84 bits per heavy atom. The van der Waals surface area contributed by atoms with Crippen LogP contribution in [0.2, 0.25) is 5.15 Å². The summed E-state index contributed by atoms with van der Waals surface area (Å²) in [4.78, 5) is 11.2. The van der Waals surface area contributed by atoms with Crippen molar-refractivity contribution in [1.82, 2.24) is 15.2 Å². The number of halogens is 4. The van der Waals surface area contributed by atoms with Gasteiger partial charge in [-0.05, 0) is 32.0 Å². The molecule has 134 valence electrons. The van der Waals surface area contributed by atoms with Gasteiger partial charge in [-0.1, -0.05) is 17.7 Å². The van der Waals surface area contributed by atoms with Crippen molar-refractivity contribution >= 4 is 23.9 Å². The second-order valence-corrected chi connectivity index (χ2v) is 5.20. The molecule has 0 bridgehead atoms. The normalized spacial score (nSPS) is 11.8. The molecule has 0 saturated carbocycles. The zero-order valence-corrected chi connectivity index (χ0v) is 14.0. The van der Waals surface area contributed by atoms with E-state index in [0.29, 0.717) is 11.3 Å². The first kappa shape index (κ1) is 18.8. The molecule has 1 N–H and O–H groups in total. The summed E-state index contributed by atoms with van der Waals surface area (Å²) in [6.07, 6.45) is -3.97. The fourth-order valence-electron chi connectivity index (χ4n) is 1.96. The van der Waals surface area contributed by atoms with E-state index in [1.54, 1.807) is 13.8 Å². The van der Waals surface area contributed by atoms with Crippen LogP contribution in [-0.2, 0) is 10.9 Å². The third-order valence-corrected chi connectivity index (χ3v) is 3.45. The Labute approximate surface area is 146 Å². The molecule has 1 amide bonds. The van der Waals surface area contributed by atoms with Crippen LogP contribution in [0, 0.1) is 6.92 Å².